The van der Waals surface area contributed by atoms with Crippen LogP contribution in [0.3, 0.4) is 0 Å². The van der Waals surface area contributed by atoms with Crippen molar-refractivity contribution < 1.29 is 14.4 Å². The van der Waals surface area contributed by atoms with Crippen molar-refractivity contribution in [2.45, 2.75) is 26.2 Å². The first-order chi connectivity index (χ1) is 7.58. The fourth-order valence-electron chi connectivity index (χ4n) is 1.88. The topological polar surface area (TPSA) is 75.3 Å². The highest BCUT2D eigenvalue weighted by Gasteiger charge is 2.28. The van der Waals surface area contributed by atoms with E-state index in [4.69, 9.17) is 0 Å². The smallest absolute Gasteiger partial charge is 0.224 e. The second kappa shape index (κ2) is 3.92. The van der Waals surface area contributed by atoms with E-state index in [2.05, 4.69) is 10.6 Å². The van der Waals surface area contributed by atoms with Crippen LogP contribution >= 0.6 is 0 Å². The molecule has 1 heterocycles. The molecule has 0 saturated carbocycles. The largest absolute Gasteiger partial charge is 0.329 e. The maximum atomic E-state index is 11.9. The molecule has 0 saturated heterocycles. The van der Waals surface area contributed by atoms with Crippen LogP contribution in [0, 0.1) is 0 Å². The van der Waals surface area contributed by atoms with Crippen molar-refractivity contribution in [1.82, 2.24) is 10.6 Å². The van der Waals surface area contributed by atoms with E-state index in [1.165, 1.54) is 6.92 Å². The molecule has 2 rings (SSSR count). The molecule has 0 spiro atoms. The Balaban J connectivity index is 2.20. The van der Waals surface area contributed by atoms with Gasteiger partial charge in [-0.3, -0.25) is 14.4 Å². The summed E-state index contributed by atoms with van der Waals surface area (Å²) in [5.74, 6) is -0.497. The van der Waals surface area contributed by atoms with Gasteiger partial charge in [-0.1, -0.05) is 6.08 Å². The van der Waals surface area contributed by atoms with Gasteiger partial charge in [0.1, 0.15) is 0 Å². The molecule has 2 aliphatic rings. The van der Waals surface area contributed by atoms with Crippen molar-refractivity contribution in [3.63, 3.8) is 0 Å². The number of ketones is 1. The van der Waals surface area contributed by atoms with Crippen LogP contribution in [0.2, 0.25) is 0 Å². The molecule has 1 aliphatic heterocycles. The summed E-state index contributed by atoms with van der Waals surface area (Å²) >= 11 is 0. The molecule has 16 heavy (non-hydrogen) atoms. The first-order valence-corrected chi connectivity index (χ1v) is 5.12. The molecule has 0 bridgehead atoms. The molecule has 0 aromatic carbocycles. The lowest BCUT2D eigenvalue weighted by Gasteiger charge is -2.24. The number of amides is 2. The lowest BCUT2D eigenvalue weighted by Crippen LogP contribution is -2.35. The van der Waals surface area contributed by atoms with Crippen LogP contribution in [-0.2, 0) is 14.4 Å². The van der Waals surface area contributed by atoms with Crippen molar-refractivity contribution in [3.05, 3.63) is 23.0 Å². The molecular formula is C11H12N2O3. The molecule has 0 aromatic heterocycles. The Morgan fingerprint density at radius 2 is 2.12 bits per heavy atom. The highest BCUT2D eigenvalue weighted by Crippen LogP contribution is 2.25. The van der Waals surface area contributed by atoms with E-state index in [1.807, 2.05) is 0 Å². The molecule has 0 unspecified atom stereocenters. The van der Waals surface area contributed by atoms with Crippen LogP contribution in [0.4, 0.5) is 0 Å². The van der Waals surface area contributed by atoms with E-state index in [-0.39, 0.29) is 17.6 Å². The standard InChI is InChI=1S/C11H12N2O3/c1-6(14)12-9-4-3-8-7(11(9)16)2-5-10(15)13-8/h4H,2-3,5H2,1H3,(H,12,14)(H,13,15). The zero-order valence-corrected chi connectivity index (χ0v) is 8.92. The summed E-state index contributed by atoms with van der Waals surface area (Å²) in [6.07, 6.45) is 2.91. The van der Waals surface area contributed by atoms with E-state index in [0.717, 1.165) is 0 Å². The van der Waals surface area contributed by atoms with Crippen LogP contribution in [0.5, 0.6) is 0 Å². The molecule has 0 atom stereocenters. The number of allylic oxidation sites excluding steroid dienone is 2. The first kappa shape index (κ1) is 10.6. The van der Waals surface area contributed by atoms with Gasteiger partial charge in [-0.05, 0) is 6.42 Å². The minimum atomic E-state index is -0.261. The Morgan fingerprint density at radius 1 is 1.38 bits per heavy atom. The zero-order chi connectivity index (χ0) is 11.7. The average Bonchev–Trinajstić information content (AvgIpc) is 2.22. The third-order valence-electron chi connectivity index (χ3n) is 2.60. The van der Waals surface area contributed by atoms with Gasteiger partial charge < -0.3 is 10.6 Å². The SMILES string of the molecule is CC(=O)NC1=CCC2=C(CCC(=O)N2)C1=O. The highest BCUT2D eigenvalue weighted by molar-refractivity contribution is 6.12. The monoisotopic (exact) mass is 220 g/mol. The molecule has 5 nitrogen and oxygen atoms in total. The third-order valence-corrected chi connectivity index (χ3v) is 2.60. The summed E-state index contributed by atoms with van der Waals surface area (Å²) in [6.45, 7) is 1.36. The number of rotatable bonds is 1. The van der Waals surface area contributed by atoms with E-state index in [0.29, 0.717) is 36.2 Å². The van der Waals surface area contributed by atoms with Crippen LogP contribution in [0.1, 0.15) is 26.2 Å². The molecule has 0 aromatic rings. The van der Waals surface area contributed by atoms with E-state index < -0.39 is 0 Å². The quantitative estimate of drug-likeness (QED) is 0.660. The van der Waals surface area contributed by atoms with Gasteiger partial charge in [0.05, 0.1) is 5.70 Å². The van der Waals surface area contributed by atoms with Gasteiger partial charge in [0.25, 0.3) is 0 Å². The normalized spacial score (nSPS) is 19.9. The van der Waals surface area contributed by atoms with Crippen molar-refractivity contribution in [2.75, 3.05) is 0 Å². The van der Waals surface area contributed by atoms with Gasteiger partial charge in [0.15, 0.2) is 0 Å². The molecular weight excluding hydrogens is 208 g/mol. The minimum Gasteiger partial charge on any atom is -0.329 e. The molecule has 1 aliphatic carbocycles. The van der Waals surface area contributed by atoms with E-state index >= 15 is 0 Å². The Morgan fingerprint density at radius 3 is 2.81 bits per heavy atom. The molecule has 84 valence electrons. The summed E-state index contributed by atoms with van der Waals surface area (Å²) in [5.41, 5.74) is 1.61. The Bertz CT molecular complexity index is 446. The maximum absolute atomic E-state index is 11.9. The molecule has 2 N–H and O–H groups in total. The van der Waals surface area contributed by atoms with Crippen LogP contribution < -0.4 is 10.6 Å². The molecule has 5 heteroatoms. The Kier molecular flexibility index (Phi) is 2.60. The fourth-order valence-corrected chi connectivity index (χ4v) is 1.88. The average molecular weight is 220 g/mol. The second-order valence-electron chi connectivity index (χ2n) is 3.84. The van der Waals surface area contributed by atoms with Crippen molar-refractivity contribution >= 4 is 17.6 Å². The molecule has 2 amide bonds. The number of hydrogen-bond acceptors (Lipinski definition) is 3. The lowest BCUT2D eigenvalue weighted by atomic mass is 9.91. The van der Waals surface area contributed by atoms with Crippen LogP contribution in [0.25, 0.3) is 0 Å². The van der Waals surface area contributed by atoms with Gasteiger partial charge in [-0.15, -0.1) is 0 Å². The van der Waals surface area contributed by atoms with E-state index in [1.54, 1.807) is 6.08 Å². The van der Waals surface area contributed by atoms with Crippen molar-refractivity contribution in [2.24, 2.45) is 0 Å². The predicted molar refractivity (Wildman–Crippen MR) is 55.9 cm³/mol. The Hall–Kier alpha value is -1.91. The summed E-state index contributed by atoms with van der Waals surface area (Å²) in [7, 11) is 0. The minimum absolute atomic E-state index is 0.0528. The number of Topliss-reactive ketones (excluding diaryl/α,β-unsaturated/α-hetero) is 1. The summed E-state index contributed by atoms with van der Waals surface area (Å²) in [6, 6.07) is 0. The highest BCUT2D eigenvalue weighted by atomic mass is 16.2. The predicted octanol–water partition coefficient (Wildman–Crippen LogP) is 0.143. The second-order valence-corrected chi connectivity index (χ2v) is 3.84. The number of carbonyl (C=O) groups is 3. The zero-order valence-electron chi connectivity index (χ0n) is 8.92. The number of carbonyl (C=O) groups excluding carboxylic acids is 3. The lowest BCUT2D eigenvalue weighted by molar-refractivity contribution is -0.122. The summed E-state index contributed by atoms with van der Waals surface area (Å²) in [4.78, 5) is 33.9. The number of hydrogen-bond donors (Lipinski definition) is 2. The number of nitrogens with one attached hydrogen (secondary N) is 2. The van der Waals surface area contributed by atoms with Gasteiger partial charge in [-0.2, -0.15) is 0 Å². The van der Waals surface area contributed by atoms with Gasteiger partial charge >= 0.3 is 0 Å². The van der Waals surface area contributed by atoms with Gasteiger partial charge in [0.2, 0.25) is 17.6 Å². The summed E-state index contributed by atoms with van der Waals surface area (Å²) < 4.78 is 0. The van der Waals surface area contributed by atoms with Gasteiger partial charge in [-0.25, -0.2) is 0 Å². The van der Waals surface area contributed by atoms with Crippen LogP contribution in [0.15, 0.2) is 23.0 Å². The fraction of sp³-hybridized carbons (Fsp3) is 0.364. The van der Waals surface area contributed by atoms with E-state index in [9.17, 15) is 14.4 Å². The summed E-state index contributed by atoms with van der Waals surface area (Å²) in [5, 5.41) is 5.19. The Labute approximate surface area is 92.6 Å². The van der Waals surface area contributed by atoms with Crippen molar-refractivity contribution in [3.8, 4) is 0 Å². The molecule has 0 fully saturated rings. The first-order valence-electron chi connectivity index (χ1n) is 5.12. The van der Waals surface area contributed by atoms with Crippen LogP contribution in [-0.4, -0.2) is 17.6 Å². The molecule has 0 radical (unpaired) electrons. The third kappa shape index (κ3) is 1.88. The van der Waals surface area contributed by atoms with Crippen molar-refractivity contribution in [1.29, 1.82) is 0 Å². The van der Waals surface area contributed by atoms with Gasteiger partial charge in [0, 0.05) is 31.0 Å². The maximum Gasteiger partial charge on any atom is 0.224 e.